The summed E-state index contributed by atoms with van der Waals surface area (Å²) >= 11 is 1.16. The van der Waals surface area contributed by atoms with Crippen molar-refractivity contribution in [3.63, 3.8) is 0 Å². The van der Waals surface area contributed by atoms with Crippen LogP contribution in [0.3, 0.4) is 0 Å². The summed E-state index contributed by atoms with van der Waals surface area (Å²) in [5.74, 6) is -1.02. The largest absolute Gasteiger partial charge is 0.301 e. The molecule has 5 nitrogen and oxygen atoms in total. The van der Waals surface area contributed by atoms with Crippen molar-refractivity contribution in [2.24, 2.45) is 0 Å². The van der Waals surface area contributed by atoms with Crippen LogP contribution in [0.4, 0.5) is 9.52 Å². The Labute approximate surface area is 138 Å². The van der Waals surface area contributed by atoms with Crippen molar-refractivity contribution in [2.45, 2.75) is 25.5 Å². The van der Waals surface area contributed by atoms with E-state index in [0.29, 0.717) is 17.7 Å². The van der Waals surface area contributed by atoms with Crippen molar-refractivity contribution < 1.29 is 17.6 Å². The molecule has 1 amide bonds. The molecular weight excluding hydrogens is 339 g/mol. The SMILES string of the molecule is CCCS(=O)(=O)C(C)C(=O)Nc1nc(-c2cccc(F)c2)cs1. The van der Waals surface area contributed by atoms with E-state index in [0.717, 1.165) is 11.3 Å². The van der Waals surface area contributed by atoms with E-state index < -0.39 is 21.0 Å². The predicted molar refractivity (Wildman–Crippen MR) is 89.7 cm³/mol. The van der Waals surface area contributed by atoms with Gasteiger partial charge in [-0.15, -0.1) is 11.3 Å². The average molecular weight is 356 g/mol. The molecule has 23 heavy (non-hydrogen) atoms. The van der Waals surface area contributed by atoms with Gasteiger partial charge in [0.15, 0.2) is 15.0 Å². The highest BCUT2D eigenvalue weighted by Crippen LogP contribution is 2.25. The Morgan fingerprint density at radius 2 is 2.17 bits per heavy atom. The molecular formula is C15H17FN2O3S2. The standard InChI is InChI=1S/C15H17FN2O3S2/c1-3-7-23(20,21)10(2)14(19)18-15-17-13(9-22-15)11-5-4-6-12(16)8-11/h4-6,8-10H,3,7H2,1-2H3,(H,17,18,19). The summed E-state index contributed by atoms with van der Waals surface area (Å²) < 4.78 is 37.0. The first-order valence-electron chi connectivity index (χ1n) is 7.07. The Kier molecular flexibility index (Phi) is 5.48. The van der Waals surface area contributed by atoms with E-state index in [4.69, 9.17) is 0 Å². The monoisotopic (exact) mass is 356 g/mol. The van der Waals surface area contributed by atoms with Crippen LogP contribution in [0, 0.1) is 5.82 Å². The number of benzene rings is 1. The zero-order valence-electron chi connectivity index (χ0n) is 12.7. The van der Waals surface area contributed by atoms with Crippen LogP contribution in [0.5, 0.6) is 0 Å². The van der Waals surface area contributed by atoms with Gasteiger partial charge in [-0.1, -0.05) is 19.1 Å². The van der Waals surface area contributed by atoms with Crippen molar-refractivity contribution in [1.29, 1.82) is 0 Å². The van der Waals surface area contributed by atoms with Gasteiger partial charge < -0.3 is 5.32 Å². The summed E-state index contributed by atoms with van der Waals surface area (Å²) in [6, 6.07) is 5.95. The first kappa shape index (κ1) is 17.6. The summed E-state index contributed by atoms with van der Waals surface area (Å²) in [6.45, 7) is 3.11. The molecule has 2 rings (SSSR count). The molecule has 1 unspecified atom stereocenters. The van der Waals surface area contributed by atoms with Crippen LogP contribution in [0.2, 0.25) is 0 Å². The maximum atomic E-state index is 13.2. The van der Waals surface area contributed by atoms with Crippen LogP contribution in [-0.4, -0.2) is 30.3 Å². The fraction of sp³-hybridized carbons (Fsp3) is 0.333. The van der Waals surface area contributed by atoms with Gasteiger partial charge in [-0.05, 0) is 25.5 Å². The lowest BCUT2D eigenvalue weighted by atomic mass is 10.2. The van der Waals surface area contributed by atoms with E-state index in [9.17, 15) is 17.6 Å². The zero-order chi connectivity index (χ0) is 17.0. The van der Waals surface area contributed by atoms with Gasteiger partial charge in [0.25, 0.3) is 0 Å². The van der Waals surface area contributed by atoms with Crippen molar-refractivity contribution >= 4 is 32.2 Å². The maximum absolute atomic E-state index is 13.2. The molecule has 0 aliphatic carbocycles. The van der Waals surface area contributed by atoms with Gasteiger partial charge in [-0.2, -0.15) is 0 Å². The molecule has 1 aromatic carbocycles. The number of halogens is 1. The maximum Gasteiger partial charge on any atom is 0.244 e. The van der Waals surface area contributed by atoms with Gasteiger partial charge in [0.2, 0.25) is 5.91 Å². The van der Waals surface area contributed by atoms with Gasteiger partial charge in [-0.25, -0.2) is 17.8 Å². The zero-order valence-corrected chi connectivity index (χ0v) is 14.4. The highest BCUT2D eigenvalue weighted by atomic mass is 32.2. The molecule has 1 atom stereocenters. The number of nitrogens with one attached hydrogen (secondary N) is 1. The van der Waals surface area contributed by atoms with Crippen molar-refractivity contribution in [3.05, 3.63) is 35.5 Å². The van der Waals surface area contributed by atoms with Crippen molar-refractivity contribution in [1.82, 2.24) is 4.98 Å². The second-order valence-electron chi connectivity index (χ2n) is 5.05. The van der Waals surface area contributed by atoms with Gasteiger partial charge in [0, 0.05) is 10.9 Å². The Morgan fingerprint density at radius 3 is 2.83 bits per heavy atom. The molecule has 124 valence electrons. The fourth-order valence-electron chi connectivity index (χ4n) is 1.94. The van der Waals surface area contributed by atoms with Crippen LogP contribution in [0.1, 0.15) is 20.3 Å². The van der Waals surface area contributed by atoms with Gasteiger partial charge >= 0.3 is 0 Å². The van der Waals surface area contributed by atoms with E-state index >= 15 is 0 Å². The number of thiazole rings is 1. The molecule has 1 aromatic heterocycles. The summed E-state index contributed by atoms with van der Waals surface area (Å²) in [5.41, 5.74) is 1.11. The Hall–Kier alpha value is -1.80. The molecule has 0 saturated carbocycles. The molecule has 2 aromatic rings. The van der Waals surface area contributed by atoms with E-state index in [2.05, 4.69) is 10.3 Å². The summed E-state index contributed by atoms with van der Waals surface area (Å²) in [6.07, 6.45) is 0.459. The van der Waals surface area contributed by atoms with E-state index in [-0.39, 0.29) is 16.7 Å². The number of sulfone groups is 1. The number of rotatable bonds is 6. The van der Waals surface area contributed by atoms with Gasteiger partial charge in [-0.3, -0.25) is 4.79 Å². The fourth-order valence-corrected chi connectivity index (χ4v) is 3.97. The number of carbonyl (C=O) groups excluding carboxylic acids is 1. The second-order valence-corrected chi connectivity index (χ2v) is 8.35. The molecule has 0 saturated heterocycles. The number of hydrogen-bond acceptors (Lipinski definition) is 5. The van der Waals surface area contributed by atoms with Crippen LogP contribution in [0.25, 0.3) is 11.3 Å². The minimum atomic E-state index is -3.47. The molecule has 0 radical (unpaired) electrons. The van der Waals surface area contributed by atoms with Crippen LogP contribution >= 0.6 is 11.3 Å². The normalized spacial score (nSPS) is 12.8. The third-order valence-corrected chi connectivity index (χ3v) is 6.28. The molecule has 0 bridgehead atoms. The molecule has 0 aliphatic heterocycles. The Morgan fingerprint density at radius 1 is 1.43 bits per heavy atom. The number of nitrogens with zero attached hydrogens (tertiary/aromatic N) is 1. The number of aromatic nitrogens is 1. The molecule has 1 N–H and O–H groups in total. The van der Waals surface area contributed by atoms with E-state index in [1.54, 1.807) is 24.4 Å². The predicted octanol–water partition coefficient (Wildman–Crippen LogP) is 3.10. The lowest BCUT2D eigenvalue weighted by Gasteiger charge is -2.11. The number of hydrogen-bond donors (Lipinski definition) is 1. The molecule has 0 aliphatic rings. The lowest BCUT2D eigenvalue weighted by Crippen LogP contribution is -2.34. The molecule has 8 heteroatoms. The number of carbonyl (C=O) groups is 1. The average Bonchev–Trinajstić information content (AvgIpc) is 2.95. The smallest absolute Gasteiger partial charge is 0.244 e. The summed E-state index contributed by atoms with van der Waals surface area (Å²) in [4.78, 5) is 16.2. The lowest BCUT2D eigenvalue weighted by molar-refractivity contribution is -0.115. The highest BCUT2D eigenvalue weighted by molar-refractivity contribution is 7.92. The minimum absolute atomic E-state index is 0.0337. The van der Waals surface area contributed by atoms with E-state index in [1.807, 2.05) is 0 Å². The third kappa shape index (κ3) is 4.35. The van der Waals surface area contributed by atoms with Crippen molar-refractivity contribution in [3.8, 4) is 11.3 Å². The first-order valence-corrected chi connectivity index (χ1v) is 9.67. The quantitative estimate of drug-likeness (QED) is 0.863. The van der Waals surface area contributed by atoms with Crippen molar-refractivity contribution in [2.75, 3.05) is 11.1 Å². The first-order chi connectivity index (χ1) is 10.8. The van der Waals surface area contributed by atoms with Gasteiger partial charge in [0.05, 0.1) is 11.4 Å². The second kappa shape index (κ2) is 7.18. The summed E-state index contributed by atoms with van der Waals surface area (Å²) in [7, 11) is -3.47. The topological polar surface area (TPSA) is 76.1 Å². The van der Waals surface area contributed by atoms with Gasteiger partial charge in [0.1, 0.15) is 11.1 Å². The molecule has 1 heterocycles. The van der Waals surface area contributed by atoms with Crippen LogP contribution in [0.15, 0.2) is 29.6 Å². The Bertz CT molecular complexity index is 803. The third-order valence-electron chi connectivity index (χ3n) is 3.25. The van der Waals surface area contributed by atoms with E-state index in [1.165, 1.54) is 19.1 Å². The van der Waals surface area contributed by atoms with Crippen LogP contribution < -0.4 is 5.32 Å². The van der Waals surface area contributed by atoms with Crippen LogP contribution in [-0.2, 0) is 14.6 Å². The highest BCUT2D eigenvalue weighted by Gasteiger charge is 2.27. The Balaban J connectivity index is 2.11. The number of amides is 1. The minimum Gasteiger partial charge on any atom is -0.301 e. The number of anilines is 1. The summed E-state index contributed by atoms with van der Waals surface area (Å²) in [5, 5.41) is 3.33. The molecule has 0 fully saturated rings. The molecule has 0 spiro atoms.